The topological polar surface area (TPSA) is 57.5 Å². The second-order valence-corrected chi connectivity index (χ2v) is 4.51. The predicted molar refractivity (Wildman–Crippen MR) is 72.1 cm³/mol. The molecule has 0 radical (unpaired) electrons. The van der Waals surface area contributed by atoms with Gasteiger partial charge in [0.15, 0.2) is 5.76 Å². The average molecular weight is 252 g/mol. The first kappa shape index (κ1) is 11.5. The molecule has 0 bridgehead atoms. The first-order chi connectivity index (χ1) is 9.18. The standard InChI is InChI=1S/C16H12O3/c17-15(16(18)19)9-14-12-7-3-1-5-10(12)11-6-2-4-8-13(11)14/h1-9,14,17H,(H,18,19). The van der Waals surface area contributed by atoms with Crippen molar-refractivity contribution in [2.75, 3.05) is 0 Å². The van der Waals surface area contributed by atoms with Crippen LogP contribution in [0.1, 0.15) is 17.0 Å². The van der Waals surface area contributed by atoms with Crippen molar-refractivity contribution in [2.45, 2.75) is 5.92 Å². The fourth-order valence-electron chi connectivity index (χ4n) is 2.60. The maximum absolute atomic E-state index is 10.8. The first-order valence-electron chi connectivity index (χ1n) is 6.01. The first-order valence-corrected chi connectivity index (χ1v) is 6.01. The molecule has 3 heteroatoms. The molecule has 3 nitrogen and oxygen atoms in total. The minimum absolute atomic E-state index is 0.205. The highest BCUT2D eigenvalue weighted by Crippen LogP contribution is 2.45. The van der Waals surface area contributed by atoms with Crippen LogP contribution in [0.5, 0.6) is 0 Å². The molecule has 19 heavy (non-hydrogen) atoms. The molecule has 0 unspecified atom stereocenters. The lowest BCUT2D eigenvalue weighted by molar-refractivity contribution is -0.135. The third kappa shape index (κ3) is 1.80. The van der Waals surface area contributed by atoms with Crippen LogP contribution in [0.3, 0.4) is 0 Å². The lowest BCUT2D eigenvalue weighted by atomic mass is 9.96. The molecule has 0 amide bonds. The summed E-state index contributed by atoms with van der Waals surface area (Å²) >= 11 is 0. The van der Waals surface area contributed by atoms with Gasteiger partial charge in [0.05, 0.1) is 0 Å². The monoisotopic (exact) mass is 252 g/mol. The van der Waals surface area contributed by atoms with Crippen molar-refractivity contribution in [1.29, 1.82) is 0 Å². The minimum Gasteiger partial charge on any atom is -0.502 e. The van der Waals surface area contributed by atoms with E-state index < -0.39 is 11.7 Å². The van der Waals surface area contributed by atoms with E-state index in [4.69, 9.17) is 5.11 Å². The summed E-state index contributed by atoms with van der Waals surface area (Å²) in [5.74, 6) is -2.12. The number of rotatable bonds is 2. The maximum Gasteiger partial charge on any atom is 0.370 e. The van der Waals surface area contributed by atoms with Gasteiger partial charge >= 0.3 is 5.97 Å². The molecule has 0 fully saturated rings. The summed E-state index contributed by atoms with van der Waals surface area (Å²) in [6, 6.07) is 15.7. The van der Waals surface area contributed by atoms with Crippen LogP contribution in [-0.2, 0) is 4.79 Å². The van der Waals surface area contributed by atoms with E-state index in [0.717, 1.165) is 22.3 Å². The number of benzene rings is 2. The van der Waals surface area contributed by atoms with Crippen LogP contribution in [0, 0.1) is 0 Å². The molecule has 0 saturated heterocycles. The van der Waals surface area contributed by atoms with Crippen molar-refractivity contribution in [3.05, 3.63) is 71.5 Å². The van der Waals surface area contributed by atoms with E-state index in [1.807, 2.05) is 48.5 Å². The Kier molecular flexibility index (Phi) is 2.60. The molecule has 94 valence electrons. The van der Waals surface area contributed by atoms with Crippen molar-refractivity contribution in [3.63, 3.8) is 0 Å². The molecule has 1 aliphatic rings. The highest BCUT2D eigenvalue weighted by molar-refractivity contribution is 5.85. The Bertz CT molecular complexity index is 640. The number of hydrogen-bond donors (Lipinski definition) is 2. The summed E-state index contributed by atoms with van der Waals surface area (Å²) in [4.78, 5) is 10.8. The van der Waals surface area contributed by atoms with Gasteiger partial charge in [-0.25, -0.2) is 4.79 Å². The van der Waals surface area contributed by atoms with E-state index in [-0.39, 0.29) is 5.92 Å². The van der Waals surface area contributed by atoms with Gasteiger partial charge in [0.2, 0.25) is 0 Å². The van der Waals surface area contributed by atoms with Gasteiger partial charge in [-0.3, -0.25) is 0 Å². The number of aliphatic hydroxyl groups excluding tert-OH is 1. The summed E-state index contributed by atoms with van der Waals surface area (Å²) < 4.78 is 0. The van der Waals surface area contributed by atoms with Gasteiger partial charge in [-0.1, -0.05) is 48.5 Å². The van der Waals surface area contributed by atoms with E-state index in [9.17, 15) is 9.90 Å². The zero-order valence-electron chi connectivity index (χ0n) is 10.1. The van der Waals surface area contributed by atoms with Crippen LogP contribution in [0.2, 0.25) is 0 Å². The second-order valence-electron chi connectivity index (χ2n) is 4.51. The molecular formula is C16H12O3. The summed E-state index contributed by atoms with van der Waals surface area (Å²) in [5.41, 5.74) is 4.24. The van der Waals surface area contributed by atoms with Gasteiger partial charge in [-0.2, -0.15) is 0 Å². The van der Waals surface area contributed by atoms with Gasteiger partial charge < -0.3 is 10.2 Å². The number of carbonyl (C=O) groups is 1. The zero-order chi connectivity index (χ0) is 13.4. The molecule has 2 aromatic rings. The van der Waals surface area contributed by atoms with Crippen LogP contribution in [0.4, 0.5) is 0 Å². The number of carboxylic acids is 1. The zero-order valence-corrected chi connectivity index (χ0v) is 10.1. The van der Waals surface area contributed by atoms with Crippen molar-refractivity contribution < 1.29 is 15.0 Å². The molecular weight excluding hydrogens is 240 g/mol. The molecule has 0 spiro atoms. The van der Waals surface area contributed by atoms with Gasteiger partial charge in [0.25, 0.3) is 0 Å². The average Bonchev–Trinajstić information content (AvgIpc) is 2.74. The number of aliphatic hydroxyl groups is 1. The molecule has 1 aliphatic carbocycles. The fraction of sp³-hybridized carbons (Fsp3) is 0.0625. The number of aliphatic carboxylic acids is 1. The Morgan fingerprint density at radius 1 is 0.895 bits per heavy atom. The van der Waals surface area contributed by atoms with Gasteiger partial charge in [0.1, 0.15) is 0 Å². The third-order valence-electron chi connectivity index (χ3n) is 3.43. The number of carboxylic acid groups (broad SMARTS) is 1. The maximum atomic E-state index is 10.8. The molecule has 3 rings (SSSR count). The van der Waals surface area contributed by atoms with Crippen LogP contribution in [0.15, 0.2) is 60.4 Å². The van der Waals surface area contributed by atoms with Crippen LogP contribution >= 0.6 is 0 Å². The van der Waals surface area contributed by atoms with E-state index in [0.29, 0.717) is 0 Å². The Hall–Kier alpha value is -2.55. The Labute approximate surface area is 110 Å². The Morgan fingerprint density at radius 3 is 1.84 bits per heavy atom. The molecule has 2 aromatic carbocycles. The summed E-state index contributed by atoms with van der Waals surface area (Å²) in [6.07, 6.45) is 1.40. The van der Waals surface area contributed by atoms with Crippen molar-refractivity contribution in [2.24, 2.45) is 0 Å². The quantitative estimate of drug-likeness (QED) is 0.636. The number of fused-ring (bicyclic) bond motifs is 3. The van der Waals surface area contributed by atoms with E-state index >= 15 is 0 Å². The van der Waals surface area contributed by atoms with Gasteiger partial charge in [-0.15, -0.1) is 0 Å². The fourth-order valence-corrected chi connectivity index (χ4v) is 2.60. The smallest absolute Gasteiger partial charge is 0.370 e. The lowest BCUT2D eigenvalue weighted by Gasteiger charge is -2.08. The summed E-state index contributed by atoms with van der Waals surface area (Å²) in [5, 5.41) is 18.3. The van der Waals surface area contributed by atoms with Gasteiger partial charge in [-0.05, 0) is 28.3 Å². The number of allylic oxidation sites excluding steroid dienone is 1. The van der Waals surface area contributed by atoms with E-state index in [2.05, 4.69) is 0 Å². The van der Waals surface area contributed by atoms with Crippen molar-refractivity contribution in [1.82, 2.24) is 0 Å². The van der Waals surface area contributed by atoms with Crippen LogP contribution < -0.4 is 0 Å². The molecule has 2 N–H and O–H groups in total. The molecule has 0 atom stereocenters. The van der Waals surface area contributed by atoms with Crippen LogP contribution in [-0.4, -0.2) is 16.2 Å². The molecule has 0 aliphatic heterocycles. The lowest BCUT2D eigenvalue weighted by Crippen LogP contribution is -2.02. The SMILES string of the molecule is O=C(O)C(O)=CC1c2ccccc2-c2ccccc21. The summed E-state index contributed by atoms with van der Waals surface area (Å²) in [7, 11) is 0. The largest absolute Gasteiger partial charge is 0.502 e. The van der Waals surface area contributed by atoms with Crippen molar-refractivity contribution in [3.8, 4) is 11.1 Å². The normalized spacial score (nSPS) is 14.0. The minimum atomic E-state index is -1.30. The Morgan fingerprint density at radius 2 is 1.37 bits per heavy atom. The van der Waals surface area contributed by atoms with Crippen LogP contribution in [0.25, 0.3) is 11.1 Å². The van der Waals surface area contributed by atoms with E-state index in [1.54, 1.807) is 0 Å². The number of hydrogen-bond acceptors (Lipinski definition) is 2. The highest BCUT2D eigenvalue weighted by Gasteiger charge is 2.27. The molecule has 0 heterocycles. The predicted octanol–water partition coefficient (Wildman–Crippen LogP) is 3.33. The highest BCUT2D eigenvalue weighted by atomic mass is 16.4. The van der Waals surface area contributed by atoms with Gasteiger partial charge in [0, 0.05) is 5.92 Å². The van der Waals surface area contributed by atoms with E-state index in [1.165, 1.54) is 6.08 Å². The molecule has 0 saturated carbocycles. The third-order valence-corrected chi connectivity index (χ3v) is 3.43. The molecule has 0 aromatic heterocycles. The Balaban J connectivity index is 2.20. The second kappa shape index (κ2) is 4.28. The summed E-state index contributed by atoms with van der Waals surface area (Å²) in [6.45, 7) is 0. The van der Waals surface area contributed by atoms with Crippen molar-refractivity contribution >= 4 is 5.97 Å².